The van der Waals surface area contributed by atoms with Crippen molar-refractivity contribution in [2.45, 2.75) is 44.6 Å². The normalized spacial score (nSPS) is 15.5. The van der Waals surface area contributed by atoms with E-state index in [1.165, 1.54) is 11.1 Å². The summed E-state index contributed by atoms with van der Waals surface area (Å²) in [6.07, 6.45) is 7.18. The van der Waals surface area contributed by atoms with E-state index in [-0.39, 0.29) is 18.3 Å². The Morgan fingerprint density at radius 1 is 1.03 bits per heavy atom. The third-order valence-electron chi connectivity index (χ3n) is 6.86. The van der Waals surface area contributed by atoms with Gasteiger partial charge in [0.05, 0.1) is 22.1 Å². The average molecular weight is 516 g/mol. The van der Waals surface area contributed by atoms with Crippen LogP contribution in [0.25, 0.3) is 10.9 Å². The first-order chi connectivity index (χ1) is 18.2. The molecule has 0 atom stereocenters. The van der Waals surface area contributed by atoms with Crippen LogP contribution >= 0.6 is 11.6 Å². The number of aromatic nitrogens is 2. The average Bonchev–Trinajstić information content (AvgIpc) is 3.40. The number of benzene rings is 3. The number of rotatable bonds is 6. The zero-order valence-corrected chi connectivity index (χ0v) is 21.0. The monoisotopic (exact) mass is 515 g/mol. The third-order valence-corrected chi connectivity index (χ3v) is 7.15. The van der Waals surface area contributed by atoms with Crippen LogP contribution in [0.5, 0.6) is 17.2 Å². The van der Waals surface area contributed by atoms with Gasteiger partial charge in [0.25, 0.3) is 5.56 Å². The van der Waals surface area contributed by atoms with E-state index >= 15 is 0 Å². The summed E-state index contributed by atoms with van der Waals surface area (Å²) >= 11 is 6.52. The Labute approximate surface area is 219 Å². The predicted molar refractivity (Wildman–Crippen MR) is 143 cm³/mol. The molecule has 0 amide bonds. The Bertz CT molecular complexity index is 1540. The Hall–Kier alpha value is -3.84. The zero-order chi connectivity index (χ0) is 25.2. The fourth-order valence-electron chi connectivity index (χ4n) is 4.91. The quantitative estimate of drug-likeness (QED) is 0.282. The maximum Gasteiger partial charge on any atom is 0.282 e. The lowest BCUT2D eigenvalue weighted by molar-refractivity contribution is 0.174. The van der Waals surface area contributed by atoms with Crippen molar-refractivity contribution in [1.82, 2.24) is 9.66 Å². The molecular formula is C29H26ClN3O4. The number of para-hydroxylation sites is 1. The summed E-state index contributed by atoms with van der Waals surface area (Å²) in [6.45, 7) is 0.574. The predicted octanol–water partition coefficient (Wildman–Crippen LogP) is 6.29. The molecule has 4 aromatic rings. The zero-order valence-electron chi connectivity index (χ0n) is 20.2. The van der Waals surface area contributed by atoms with Gasteiger partial charge in [0.2, 0.25) is 6.79 Å². The standard InChI is InChI=1S/C29H26ClN3O4/c30-23-14-19(10-12-25(23)35-17-20-11-13-26-27(15-20)37-18-36-26)16-31-33-28(21-6-2-1-3-7-21)32-24-9-5-4-8-22(24)29(33)34/h4-5,8-16,21H,1-3,6-7,17-18H2. The van der Waals surface area contributed by atoms with E-state index in [1.54, 1.807) is 24.4 Å². The molecule has 3 aromatic carbocycles. The fraction of sp³-hybridized carbons (Fsp3) is 0.276. The van der Waals surface area contributed by atoms with Crippen LogP contribution in [0.15, 0.2) is 70.6 Å². The van der Waals surface area contributed by atoms with Gasteiger partial charge in [0.15, 0.2) is 11.5 Å². The molecule has 2 heterocycles. The van der Waals surface area contributed by atoms with Gasteiger partial charge in [-0.1, -0.05) is 49.1 Å². The van der Waals surface area contributed by atoms with Crippen LogP contribution in [0, 0.1) is 0 Å². The van der Waals surface area contributed by atoms with Crippen molar-refractivity contribution in [2.24, 2.45) is 5.10 Å². The number of hydrogen-bond donors (Lipinski definition) is 0. The molecule has 0 spiro atoms. The van der Waals surface area contributed by atoms with Crippen molar-refractivity contribution in [1.29, 1.82) is 0 Å². The second-order valence-electron chi connectivity index (χ2n) is 9.35. The number of halogens is 1. The Morgan fingerprint density at radius 3 is 2.73 bits per heavy atom. The third kappa shape index (κ3) is 4.91. The summed E-state index contributed by atoms with van der Waals surface area (Å²) in [4.78, 5) is 18.2. The number of hydrogen-bond acceptors (Lipinski definition) is 6. The van der Waals surface area contributed by atoms with Crippen LogP contribution in [-0.4, -0.2) is 22.7 Å². The van der Waals surface area contributed by atoms with E-state index < -0.39 is 0 Å². The maximum absolute atomic E-state index is 13.4. The summed E-state index contributed by atoms with van der Waals surface area (Å²) in [5.41, 5.74) is 2.27. The van der Waals surface area contributed by atoms with Gasteiger partial charge in [-0.25, -0.2) is 4.98 Å². The number of ether oxygens (including phenoxy) is 3. The molecule has 1 saturated carbocycles. The molecule has 0 unspecified atom stereocenters. The molecule has 1 fully saturated rings. The fourth-order valence-corrected chi connectivity index (χ4v) is 5.15. The summed E-state index contributed by atoms with van der Waals surface area (Å²) in [6, 6.07) is 18.6. The second kappa shape index (κ2) is 10.3. The minimum absolute atomic E-state index is 0.155. The van der Waals surface area contributed by atoms with Gasteiger partial charge in [-0.05, 0) is 66.4 Å². The van der Waals surface area contributed by atoms with E-state index in [9.17, 15) is 4.79 Å². The molecular weight excluding hydrogens is 490 g/mol. The molecule has 0 saturated heterocycles. The molecule has 188 valence electrons. The van der Waals surface area contributed by atoms with Gasteiger partial charge in [-0.2, -0.15) is 9.78 Å². The van der Waals surface area contributed by atoms with Crippen LogP contribution in [0.3, 0.4) is 0 Å². The van der Waals surface area contributed by atoms with Gasteiger partial charge in [-0.15, -0.1) is 0 Å². The van der Waals surface area contributed by atoms with Gasteiger partial charge < -0.3 is 14.2 Å². The Balaban J connectivity index is 1.24. The molecule has 6 rings (SSSR count). The first-order valence-electron chi connectivity index (χ1n) is 12.5. The lowest BCUT2D eigenvalue weighted by Crippen LogP contribution is -2.25. The SMILES string of the molecule is O=c1c2ccccc2nc(C2CCCCC2)n1N=Cc1ccc(OCc2ccc3c(c2)OCO3)c(Cl)c1. The van der Waals surface area contributed by atoms with Crippen molar-refractivity contribution >= 4 is 28.7 Å². The molecule has 0 N–H and O–H groups in total. The molecule has 1 aromatic heterocycles. The summed E-state index contributed by atoms with van der Waals surface area (Å²) in [7, 11) is 0. The first kappa shape index (κ1) is 23.6. The smallest absolute Gasteiger partial charge is 0.282 e. The highest BCUT2D eigenvalue weighted by Gasteiger charge is 2.22. The van der Waals surface area contributed by atoms with E-state index in [2.05, 4.69) is 5.10 Å². The van der Waals surface area contributed by atoms with E-state index in [0.717, 1.165) is 48.4 Å². The van der Waals surface area contributed by atoms with Gasteiger partial charge in [-0.3, -0.25) is 4.79 Å². The first-order valence-corrected chi connectivity index (χ1v) is 12.9. The van der Waals surface area contributed by atoms with Crippen molar-refractivity contribution in [3.8, 4) is 17.2 Å². The minimum atomic E-state index is -0.155. The molecule has 2 aliphatic rings. The van der Waals surface area contributed by atoms with Crippen molar-refractivity contribution < 1.29 is 14.2 Å². The Morgan fingerprint density at radius 2 is 1.86 bits per heavy atom. The molecule has 8 heteroatoms. The molecule has 0 bridgehead atoms. The maximum atomic E-state index is 13.4. The van der Waals surface area contributed by atoms with Crippen molar-refractivity contribution in [3.05, 3.63) is 93.0 Å². The van der Waals surface area contributed by atoms with Crippen molar-refractivity contribution in [2.75, 3.05) is 6.79 Å². The number of nitrogens with zero attached hydrogens (tertiary/aromatic N) is 3. The lowest BCUT2D eigenvalue weighted by Gasteiger charge is -2.22. The lowest BCUT2D eigenvalue weighted by atomic mass is 9.88. The summed E-state index contributed by atoms with van der Waals surface area (Å²) in [5, 5.41) is 5.61. The molecule has 7 nitrogen and oxygen atoms in total. The van der Waals surface area contributed by atoms with E-state index in [1.807, 2.05) is 42.5 Å². The summed E-state index contributed by atoms with van der Waals surface area (Å²) in [5.74, 6) is 2.96. The van der Waals surface area contributed by atoms with Crippen LogP contribution in [-0.2, 0) is 6.61 Å². The largest absolute Gasteiger partial charge is 0.487 e. The van der Waals surface area contributed by atoms with E-state index in [4.69, 9.17) is 30.8 Å². The van der Waals surface area contributed by atoms with Gasteiger partial charge >= 0.3 is 0 Å². The summed E-state index contributed by atoms with van der Waals surface area (Å²) < 4.78 is 18.2. The molecule has 37 heavy (non-hydrogen) atoms. The minimum Gasteiger partial charge on any atom is -0.487 e. The van der Waals surface area contributed by atoms with Crippen LogP contribution in [0.2, 0.25) is 5.02 Å². The highest BCUT2D eigenvalue weighted by Crippen LogP contribution is 2.34. The van der Waals surface area contributed by atoms with Crippen LogP contribution < -0.4 is 19.8 Å². The molecule has 0 radical (unpaired) electrons. The second-order valence-corrected chi connectivity index (χ2v) is 9.76. The highest BCUT2D eigenvalue weighted by atomic mass is 35.5. The Kier molecular flexibility index (Phi) is 6.53. The van der Waals surface area contributed by atoms with Crippen LogP contribution in [0.4, 0.5) is 0 Å². The number of fused-ring (bicyclic) bond motifs is 2. The van der Waals surface area contributed by atoms with E-state index in [0.29, 0.717) is 34.0 Å². The topological polar surface area (TPSA) is 74.9 Å². The molecule has 1 aliphatic heterocycles. The van der Waals surface area contributed by atoms with Crippen molar-refractivity contribution in [3.63, 3.8) is 0 Å². The van der Waals surface area contributed by atoms with Crippen LogP contribution in [0.1, 0.15) is 55.0 Å². The van der Waals surface area contributed by atoms with Gasteiger partial charge in [0, 0.05) is 5.92 Å². The highest BCUT2D eigenvalue weighted by molar-refractivity contribution is 6.32. The van der Waals surface area contributed by atoms with Gasteiger partial charge in [0.1, 0.15) is 18.2 Å². The molecule has 1 aliphatic carbocycles.